The summed E-state index contributed by atoms with van der Waals surface area (Å²) in [5.41, 5.74) is 1.28. The summed E-state index contributed by atoms with van der Waals surface area (Å²) in [6.45, 7) is 0.262. The van der Waals surface area contributed by atoms with E-state index in [9.17, 15) is 9.50 Å². The van der Waals surface area contributed by atoms with E-state index in [0.29, 0.717) is 28.1 Å². The minimum atomic E-state index is -0.593. The fraction of sp³-hybridized carbons (Fsp3) is 0.143. The number of nitrogens with one attached hydrogen (secondary N) is 1. The van der Waals surface area contributed by atoms with E-state index in [1.54, 1.807) is 30.6 Å². The molecule has 0 spiro atoms. The lowest BCUT2D eigenvalue weighted by Gasteiger charge is -2.15. The predicted molar refractivity (Wildman–Crippen MR) is 112 cm³/mol. The third-order valence-electron chi connectivity index (χ3n) is 4.61. The van der Waals surface area contributed by atoms with Crippen LogP contribution in [0.3, 0.4) is 0 Å². The Morgan fingerprint density at radius 2 is 1.97 bits per heavy atom. The summed E-state index contributed by atoms with van der Waals surface area (Å²) in [5.74, 6) is 0.949. The van der Waals surface area contributed by atoms with Gasteiger partial charge in [0.25, 0.3) is 0 Å². The molecule has 0 aliphatic heterocycles. The highest BCUT2D eigenvalue weighted by molar-refractivity contribution is 6.32. The van der Waals surface area contributed by atoms with Crippen molar-refractivity contribution >= 4 is 33.9 Å². The monoisotopic (exact) mass is 428 g/mol. The number of phenolic OH excluding ortho intramolecular Hbond substituents is 1. The van der Waals surface area contributed by atoms with Crippen LogP contribution in [0.5, 0.6) is 17.2 Å². The van der Waals surface area contributed by atoms with Gasteiger partial charge in [-0.2, -0.15) is 0 Å². The number of rotatable bonds is 6. The van der Waals surface area contributed by atoms with Gasteiger partial charge in [0.15, 0.2) is 11.5 Å². The number of phenols is 1. The number of anilines is 2. The summed E-state index contributed by atoms with van der Waals surface area (Å²) < 4.78 is 27.5. The Morgan fingerprint density at radius 3 is 2.70 bits per heavy atom. The highest BCUT2D eigenvalue weighted by atomic mass is 35.5. The molecule has 2 aromatic carbocycles. The maximum Gasteiger partial charge on any atom is 0.164 e. The van der Waals surface area contributed by atoms with Crippen molar-refractivity contribution < 1.29 is 19.0 Å². The van der Waals surface area contributed by atoms with Crippen molar-refractivity contribution in [2.45, 2.75) is 6.61 Å². The normalized spacial score (nSPS) is 10.9. The Bertz CT molecular complexity index is 1230. The zero-order chi connectivity index (χ0) is 21.3. The van der Waals surface area contributed by atoms with Crippen molar-refractivity contribution in [3.63, 3.8) is 0 Å². The van der Waals surface area contributed by atoms with Crippen LogP contribution in [0.15, 0.2) is 48.9 Å². The van der Waals surface area contributed by atoms with E-state index < -0.39 is 5.82 Å². The number of benzene rings is 2. The first-order valence-corrected chi connectivity index (χ1v) is 9.35. The number of aryl methyl sites for hydroxylation is 1. The third-order valence-corrected chi connectivity index (χ3v) is 4.91. The van der Waals surface area contributed by atoms with Crippen LogP contribution < -0.4 is 14.8 Å². The van der Waals surface area contributed by atoms with E-state index in [1.807, 2.05) is 17.8 Å². The molecule has 2 N–H and O–H groups in total. The van der Waals surface area contributed by atoms with Gasteiger partial charge in [-0.25, -0.2) is 9.37 Å². The van der Waals surface area contributed by atoms with Gasteiger partial charge in [-0.1, -0.05) is 11.6 Å². The maximum absolute atomic E-state index is 14.3. The minimum Gasteiger partial charge on any atom is -0.506 e. The van der Waals surface area contributed by atoms with Crippen LogP contribution in [0, 0.1) is 5.82 Å². The lowest BCUT2D eigenvalue weighted by molar-refractivity contribution is 0.273. The second-order valence-corrected chi connectivity index (χ2v) is 6.94. The molecule has 4 aromatic rings. The summed E-state index contributed by atoms with van der Waals surface area (Å²) >= 11 is 5.75. The minimum absolute atomic E-state index is 0.0613. The number of ether oxygens (including phenoxy) is 2. The number of halogens is 2. The zero-order valence-electron chi connectivity index (χ0n) is 16.2. The number of hydrogen-bond donors (Lipinski definition) is 2. The third kappa shape index (κ3) is 3.81. The number of nitrogens with zero attached hydrogens (tertiary/aromatic N) is 3. The molecule has 0 amide bonds. The van der Waals surface area contributed by atoms with Gasteiger partial charge in [0, 0.05) is 48.8 Å². The van der Waals surface area contributed by atoms with Crippen molar-refractivity contribution in [2.24, 2.45) is 7.05 Å². The first-order valence-electron chi connectivity index (χ1n) is 8.97. The van der Waals surface area contributed by atoms with E-state index in [4.69, 9.17) is 21.1 Å². The molecular weight excluding hydrogens is 411 g/mol. The smallest absolute Gasteiger partial charge is 0.164 e. The van der Waals surface area contributed by atoms with Gasteiger partial charge in [-0.3, -0.25) is 4.98 Å². The molecule has 7 nitrogen and oxygen atoms in total. The molecule has 0 bridgehead atoms. The first kappa shape index (κ1) is 19.8. The van der Waals surface area contributed by atoms with E-state index >= 15 is 0 Å². The molecule has 2 aromatic heterocycles. The maximum atomic E-state index is 14.3. The molecule has 0 saturated carbocycles. The van der Waals surface area contributed by atoms with E-state index in [0.717, 1.165) is 11.9 Å². The van der Waals surface area contributed by atoms with Crippen LogP contribution in [0.25, 0.3) is 10.9 Å². The molecule has 30 heavy (non-hydrogen) atoms. The van der Waals surface area contributed by atoms with Crippen molar-refractivity contribution in [2.75, 3.05) is 12.4 Å². The highest BCUT2D eigenvalue weighted by Gasteiger charge is 2.14. The standard InChI is InChI=1S/C21H18ClFN4O3/c1-27-6-5-25-21(27)11-30-20-10-16-12(7-19(20)29-2)15(3-4-24-16)26-17-9-18(28)13(22)8-14(17)23/h3-10,28H,11H2,1-2H3,(H,24,26). The van der Waals surface area contributed by atoms with Crippen LogP contribution in [0.2, 0.25) is 5.02 Å². The van der Waals surface area contributed by atoms with Crippen molar-refractivity contribution in [1.82, 2.24) is 14.5 Å². The Morgan fingerprint density at radius 1 is 1.13 bits per heavy atom. The Hall–Kier alpha value is -3.52. The summed E-state index contributed by atoms with van der Waals surface area (Å²) in [6, 6.07) is 7.48. The summed E-state index contributed by atoms with van der Waals surface area (Å²) in [4.78, 5) is 8.61. The van der Waals surface area contributed by atoms with Gasteiger partial charge in [-0.15, -0.1) is 0 Å². The van der Waals surface area contributed by atoms with Crippen LogP contribution in [0.4, 0.5) is 15.8 Å². The molecule has 0 radical (unpaired) electrons. The van der Waals surface area contributed by atoms with Gasteiger partial charge in [0.05, 0.1) is 23.3 Å². The lowest BCUT2D eigenvalue weighted by Crippen LogP contribution is -2.04. The molecule has 2 heterocycles. The van der Waals surface area contributed by atoms with Crippen molar-refractivity contribution in [3.05, 3.63) is 65.6 Å². The highest BCUT2D eigenvalue weighted by Crippen LogP contribution is 2.37. The molecule has 0 aliphatic carbocycles. The van der Waals surface area contributed by atoms with Gasteiger partial charge >= 0.3 is 0 Å². The molecule has 0 aliphatic rings. The first-order chi connectivity index (χ1) is 14.5. The fourth-order valence-electron chi connectivity index (χ4n) is 2.99. The van der Waals surface area contributed by atoms with Crippen molar-refractivity contribution in [3.8, 4) is 17.2 Å². The largest absolute Gasteiger partial charge is 0.506 e. The van der Waals surface area contributed by atoms with E-state index in [2.05, 4.69) is 15.3 Å². The lowest BCUT2D eigenvalue weighted by atomic mass is 10.1. The van der Waals surface area contributed by atoms with Gasteiger partial charge in [-0.05, 0) is 18.2 Å². The fourth-order valence-corrected chi connectivity index (χ4v) is 3.14. The predicted octanol–water partition coefficient (Wildman–Crippen LogP) is 4.80. The van der Waals surface area contributed by atoms with Crippen LogP contribution >= 0.6 is 11.6 Å². The van der Waals surface area contributed by atoms with Gasteiger partial charge < -0.3 is 24.5 Å². The Labute approximate surface area is 176 Å². The number of imidazole rings is 1. The number of pyridine rings is 1. The average Bonchev–Trinajstić information content (AvgIpc) is 3.14. The zero-order valence-corrected chi connectivity index (χ0v) is 16.9. The second-order valence-electron chi connectivity index (χ2n) is 6.53. The quantitative estimate of drug-likeness (QED) is 0.459. The topological polar surface area (TPSA) is 81.4 Å². The van der Waals surface area contributed by atoms with Gasteiger partial charge in [0.1, 0.15) is 24.0 Å². The molecular formula is C21H18ClFN4O3. The van der Waals surface area contributed by atoms with Crippen LogP contribution in [-0.4, -0.2) is 26.8 Å². The number of fused-ring (bicyclic) bond motifs is 1. The SMILES string of the molecule is COc1cc2c(Nc3cc(O)c(Cl)cc3F)ccnc2cc1OCc1nccn1C. The van der Waals surface area contributed by atoms with E-state index in [-0.39, 0.29) is 23.1 Å². The number of aromatic nitrogens is 3. The Balaban J connectivity index is 1.69. The number of hydrogen-bond acceptors (Lipinski definition) is 6. The summed E-state index contributed by atoms with van der Waals surface area (Å²) in [6.07, 6.45) is 5.13. The molecule has 0 fully saturated rings. The molecule has 0 unspecified atom stereocenters. The molecule has 0 saturated heterocycles. The van der Waals surface area contributed by atoms with Gasteiger partial charge in [0.2, 0.25) is 0 Å². The summed E-state index contributed by atoms with van der Waals surface area (Å²) in [7, 11) is 3.42. The Kier molecular flexibility index (Phi) is 5.33. The molecule has 9 heteroatoms. The average molecular weight is 429 g/mol. The number of aromatic hydroxyl groups is 1. The van der Waals surface area contributed by atoms with Crippen LogP contribution in [-0.2, 0) is 13.7 Å². The number of methoxy groups -OCH3 is 1. The van der Waals surface area contributed by atoms with Crippen molar-refractivity contribution in [1.29, 1.82) is 0 Å². The molecule has 4 rings (SSSR count). The van der Waals surface area contributed by atoms with Crippen LogP contribution in [0.1, 0.15) is 5.82 Å². The van der Waals surface area contributed by atoms with E-state index in [1.165, 1.54) is 13.2 Å². The molecule has 0 atom stereocenters. The second kappa shape index (κ2) is 8.08. The molecule has 154 valence electrons. The summed E-state index contributed by atoms with van der Waals surface area (Å²) in [5, 5.41) is 13.4.